The maximum atomic E-state index is 12.5. The van der Waals surface area contributed by atoms with Crippen LogP contribution in [0.5, 0.6) is 0 Å². The van der Waals surface area contributed by atoms with Crippen molar-refractivity contribution in [2.75, 3.05) is 13.1 Å². The van der Waals surface area contributed by atoms with Crippen LogP contribution >= 0.6 is 0 Å². The Morgan fingerprint density at radius 3 is 2.86 bits per heavy atom. The summed E-state index contributed by atoms with van der Waals surface area (Å²) in [4.78, 5) is 19.2. The largest absolute Gasteiger partial charge is 0.350 e. The highest BCUT2D eigenvalue weighted by atomic mass is 16.2. The van der Waals surface area contributed by atoms with Gasteiger partial charge in [-0.1, -0.05) is 12.5 Å². The van der Waals surface area contributed by atoms with Gasteiger partial charge in [0.1, 0.15) is 0 Å². The molecule has 1 N–H and O–H groups in total. The predicted octanol–water partition coefficient (Wildman–Crippen LogP) is 2.39. The molecule has 1 aliphatic rings. The molecule has 1 saturated heterocycles. The molecule has 1 aromatic heterocycles. The number of carbonyl (C=O) groups is 1. The SMILES string of the molecule is CC(C)(C)NC(=O)[C@H]1CCCCN1CCc1ccccn1. The van der Waals surface area contributed by atoms with Gasteiger partial charge in [-0.3, -0.25) is 14.7 Å². The average Bonchev–Trinajstić information content (AvgIpc) is 2.45. The molecule has 1 atom stereocenters. The topological polar surface area (TPSA) is 45.2 Å². The summed E-state index contributed by atoms with van der Waals surface area (Å²) in [6, 6.07) is 6.02. The van der Waals surface area contributed by atoms with Crippen LogP contribution in [0.25, 0.3) is 0 Å². The summed E-state index contributed by atoms with van der Waals surface area (Å²) in [5, 5.41) is 3.12. The number of nitrogens with zero attached hydrogens (tertiary/aromatic N) is 2. The zero-order valence-electron chi connectivity index (χ0n) is 13.4. The van der Waals surface area contributed by atoms with Crippen LogP contribution in [-0.4, -0.2) is 40.5 Å². The number of nitrogens with one attached hydrogen (secondary N) is 1. The van der Waals surface area contributed by atoms with Gasteiger partial charge in [-0.25, -0.2) is 0 Å². The van der Waals surface area contributed by atoms with Gasteiger partial charge < -0.3 is 5.32 Å². The highest BCUT2D eigenvalue weighted by molar-refractivity contribution is 5.82. The van der Waals surface area contributed by atoms with E-state index in [4.69, 9.17) is 0 Å². The van der Waals surface area contributed by atoms with Crippen LogP contribution in [0.15, 0.2) is 24.4 Å². The summed E-state index contributed by atoms with van der Waals surface area (Å²) in [6.07, 6.45) is 6.02. The van der Waals surface area contributed by atoms with Crippen LogP contribution in [-0.2, 0) is 11.2 Å². The monoisotopic (exact) mass is 289 g/mol. The van der Waals surface area contributed by atoms with Crippen molar-refractivity contribution in [1.29, 1.82) is 0 Å². The van der Waals surface area contributed by atoms with Crippen molar-refractivity contribution in [3.05, 3.63) is 30.1 Å². The summed E-state index contributed by atoms with van der Waals surface area (Å²) in [5.41, 5.74) is 0.930. The van der Waals surface area contributed by atoms with E-state index in [1.165, 1.54) is 6.42 Å². The first-order valence-electron chi connectivity index (χ1n) is 7.92. The van der Waals surface area contributed by atoms with E-state index in [1.54, 1.807) is 0 Å². The molecule has 1 aromatic rings. The van der Waals surface area contributed by atoms with Gasteiger partial charge in [0.25, 0.3) is 0 Å². The lowest BCUT2D eigenvalue weighted by Gasteiger charge is -2.36. The minimum absolute atomic E-state index is 0.0155. The zero-order chi connectivity index (χ0) is 15.3. The van der Waals surface area contributed by atoms with Gasteiger partial charge in [-0.2, -0.15) is 0 Å². The van der Waals surface area contributed by atoms with Crippen LogP contribution < -0.4 is 5.32 Å². The number of hydrogen-bond donors (Lipinski definition) is 1. The Morgan fingerprint density at radius 1 is 1.38 bits per heavy atom. The molecule has 1 amide bonds. The lowest BCUT2D eigenvalue weighted by molar-refractivity contribution is -0.129. The molecule has 2 heterocycles. The van der Waals surface area contributed by atoms with Gasteiger partial charge in [0.15, 0.2) is 0 Å². The minimum atomic E-state index is -0.165. The second kappa shape index (κ2) is 7.03. The molecule has 0 spiro atoms. The standard InChI is InChI=1S/C17H27N3O/c1-17(2,3)19-16(21)15-9-5-7-12-20(15)13-10-14-8-4-6-11-18-14/h4,6,8,11,15H,5,7,9-10,12-13H2,1-3H3,(H,19,21)/t15-/m1/s1. The molecular weight excluding hydrogens is 262 g/mol. The van der Waals surface area contributed by atoms with Crippen molar-refractivity contribution < 1.29 is 4.79 Å². The number of hydrogen-bond acceptors (Lipinski definition) is 3. The molecular formula is C17H27N3O. The Morgan fingerprint density at radius 2 is 2.19 bits per heavy atom. The Labute approximate surface area is 127 Å². The second-order valence-electron chi connectivity index (χ2n) is 6.86. The van der Waals surface area contributed by atoms with Crippen molar-refractivity contribution in [1.82, 2.24) is 15.2 Å². The molecule has 116 valence electrons. The van der Waals surface area contributed by atoms with Crippen LogP contribution in [0.4, 0.5) is 0 Å². The van der Waals surface area contributed by atoms with Crippen molar-refractivity contribution in [3.8, 4) is 0 Å². The summed E-state index contributed by atoms with van der Waals surface area (Å²) < 4.78 is 0. The summed E-state index contributed by atoms with van der Waals surface area (Å²) in [5.74, 6) is 0.170. The molecule has 0 radical (unpaired) electrons. The predicted molar refractivity (Wildman–Crippen MR) is 85.0 cm³/mol. The highest BCUT2D eigenvalue weighted by Crippen LogP contribution is 2.18. The van der Waals surface area contributed by atoms with Crippen LogP contribution in [0.1, 0.15) is 45.7 Å². The Balaban J connectivity index is 1.94. The molecule has 1 fully saturated rings. The van der Waals surface area contributed by atoms with E-state index in [0.29, 0.717) is 0 Å². The number of piperidine rings is 1. The summed E-state index contributed by atoms with van der Waals surface area (Å²) in [6.45, 7) is 8.01. The highest BCUT2D eigenvalue weighted by Gasteiger charge is 2.30. The molecule has 1 aliphatic heterocycles. The van der Waals surface area contributed by atoms with E-state index in [0.717, 1.165) is 38.0 Å². The number of rotatable bonds is 4. The number of likely N-dealkylation sites (tertiary alicyclic amines) is 1. The van der Waals surface area contributed by atoms with Gasteiger partial charge in [-0.15, -0.1) is 0 Å². The third kappa shape index (κ3) is 5.12. The van der Waals surface area contributed by atoms with Gasteiger partial charge in [-0.05, 0) is 52.3 Å². The number of pyridine rings is 1. The van der Waals surface area contributed by atoms with Crippen LogP contribution in [0, 0.1) is 0 Å². The Bertz CT molecular complexity index is 453. The van der Waals surface area contributed by atoms with Crippen molar-refractivity contribution >= 4 is 5.91 Å². The second-order valence-corrected chi connectivity index (χ2v) is 6.86. The van der Waals surface area contributed by atoms with E-state index < -0.39 is 0 Å². The maximum Gasteiger partial charge on any atom is 0.237 e. The molecule has 4 heteroatoms. The fourth-order valence-electron chi connectivity index (χ4n) is 2.81. The van der Waals surface area contributed by atoms with Crippen LogP contribution in [0.3, 0.4) is 0 Å². The summed E-state index contributed by atoms with van der Waals surface area (Å²) >= 11 is 0. The first-order valence-corrected chi connectivity index (χ1v) is 7.92. The van der Waals surface area contributed by atoms with Crippen molar-refractivity contribution in [3.63, 3.8) is 0 Å². The number of aromatic nitrogens is 1. The van der Waals surface area contributed by atoms with Gasteiger partial charge >= 0.3 is 0 Å². The maximum absolute atomic E-state index is 12.5. The molecule has 0 saturated carbocycles. The van der Waals surface area contributed by atoms with E-state index in [9.17, 15) is 4.79 Å². The van der Waals surface area contributed by atoms with E-state index in [-0.39, 0.29) is 17.5 Å². The molecule has 4 nitrogen and oxygen atoms in total. The molecule has 21 heavy (non-hydrogen) atoms. The Hall–Kier alpha value is -1.42. The lowest BCUT2D eigenvalue weighted by atomic mass is 9.99. The number of amides is 1. The van der Waals surface area contributed by atoms with E-state index in [1.807, 2.05) is 45.2 Å². The third-order valence-corrected chi connectivity index (χ3v) is 3.80. The quantitative estimate of drug-likeness (QED) is 0.925. The van der Waals surface area contributed by atoms with Gasteiger partial charge in [0.2, 0.25) is 5.91 Å². The van der Waals surface area contributed by atoms with E-state index in [2.05, 4.69) is 15.2 Å². The smallest absolute Gasteiger partial charge is 0.237 e. The normalized spacial score (nSPS) is 20.2. The van der Waals surface area contributed by atoms with Gasteiger partial charge in [0.05, 0.1) is 6.04 Å². The minimum Gasteiger partial charge on any atom is -0.350 e. The molecule has 0 bridgehead atoms. The lowest BCUT2D eigenvalue weighted by Crippen LogP contribution is -2.54. The molecule has 0 aliphatic carbocycles. The first-order chi connectivity index (χ1) is 9.96. The van der Waals surface area contributed by atoms with Crippen molar-refractivity contribution in [2.45, 2.75) is 58.0 Å². The fourth-order valence-corrected chi connectivity index (χ4v) is 2.81. The van der Waals surface area contributed by atoms with Gasteiger partial charge in [0, 0.05) is 30.4 Å². The molecule has 0 aromatic carbocycles. The molecule has 0 unspecified atom stereocenters. The number of carbonyl (C=O) groups excluding carboxylic acids is 1. The van der Waals surface area contributed by atoms with Crippen molar-refractivity contribution in [2.24, 2.45) is 0 Å². The zero-order valence-corrected chi connectivity index (χ0v) is 13.4. The third-order valence-electron chi connectivity index (χ3n) is 3.80. The van der Waals surface area contributed by atoms with Crippen LogP contribution in [0.2, 0.25) is 0 Å². The molecule has 2 rings (SSSR count). The fraction of sp³-hybridized carbons (Fsp3) is 0.647. The Kier molecular flexibility index (Phi) is 5.34. The van der Waals surface area contributed by atoms with E-state index >= 15 is 0 Å². The first kappa shape index (κ1) is 16.0. The average molecular weight is 289 g/mol. The summed E-state index contributed by atoms with van der Waals surface area (Å²) in [7, 11) is 0.